The van der Waals surface area contributed by atoms with Gasteiger partial charge < -0.3 is 19.8 Å². The molecule has 0 unspecified atom stereocenters. The zero-order chi connectivity index (χ0) is 15.6. The highest BCUT2D eigenvalue weighted by atomic mass is 79.9. The number of nitrogen functional groups attached to an aromatic ring is 1. The molecule has 2 N–H and O–H groups in total. The number of rotatable bonds is 4. The van der Waals surface area contributed by atoms with Crippen LogP contribution in [0, 0.1) is 6.92 Å². The first-order chi connectivity index (χ1) is 9.97. The number of nitrogens with zero attached hydrogens (tertiary/aromatic N) is 1. The number of ether oxygens (including phenoxy) is 2. The van der Waals surface area contributed by atoms with Crippen LogP contribution < -0.4 is 20.8 Å². The maximum Gasteiger partial charge on any atom is 0.265 e. The lowest BCUT2D eigenvalue weighted by Gasteiger charge is -2.12. The fraction of sp³-hybridized carbons (Fsp3) is 0.267. The van der Waals surface area contributed by atoms with Gasteiger partial charge in [0.1, 0.15) is 0 Å². The third kappa shape index (κ3) is 3.05. The minimum Gasteiger partial charge on any atom is -0.493 e. The quantitative estimate of drug-likeness (QED) is 0.918. The summed E-state index contributed by atoms with van der Waals surface area (Å²) in [6, 6.07) is 5.54. The zero-order valence-electron chi connectivity index (χ0n) is 12.1. The Labute approximate surface area is 131 Å². The summed E-state index contributed by atoms with van der Waals surface area (Å²) in [5.74, 6) is 1.28. The number of benzene rings is 1. The second-order valence-corrected chi connectivity index (χ2v) is 5.44. The summed E-state index contributed by atoms with van der Waals surface area (Å²) in [6.45, 7) is 2.21. The van der Waals surface area contributed by atoms with E-state index in [9.17, 15) is 4.79 Å². The Morgan fingerprint density at radius 2 is 1.90 bits per heavy atom. The number of hydrogen-bond donors (Lipinski definition) is 1. The predicted molar refractivity (Wildman–Crippen MR) is 86.2 cm³/mol. The van der Waals surface area contributed by atoms with Gasteiger partial charge in [-0.1, -0.05) is 6.07 Å². The van der Waals surface area contributed by atoms with E-state index >= 15 is 0 Å². The van der Waals surface area contributed by atoms with Crippen LogP contribution in [0.3, 0.4) is 0 Å². The fourth-order valence-corrected chi connectivity index (χ4v) is 2.49. The summed E-state index contributed by atoms with van der Waals surface area (Å²) >= 11 is 3.29. The second kappa shape index (κ2) is 6.22. The molecule has 0 bridgehead atoms. The third-order valence-corrected chi connectivity index (χ3v) is 4.24. The van der Waals surface area contributed by atoms with Gasteiger partial charge in [-0.15, -0.1) is 0 Å². The molecule has 0 saturated carbocycles. The summed E-state index contributed by atoms with van der Waals surface area (Å²) in [5.41, 5.74) is 8.04. The van der Waals surface area contributed by atoms with Gasteiger partial charge in [0.2, 0.25) is 0 Å². The Kier molecular flexibility index (Phi) is 4.57. The normalized spacial score (nSPS) is 10.5. The molecular weight excluding hydrogens is 336 g/mol. The highest BCUT2D eigenvalue weighted by molar-refractivity contribution is 9.10. The number of halogens is 1. The predicted octanol–water partition coefficient (Wildman–Crippen LogP) is 2.57. The molecule has 2 rings (SSSR count). The van der Waals surface area contributed by atoms with Gasteiger partial charge in [-0.3, -0.25) is 4.79 Å². The van der Waals surface area contributed by atoms with E-state index < -0.39 is 0 Å². The van der Waals surface area contributed by atoms with Gasteiger partial charge in [0.05, 0.1) is 30.9 Å². The lowest BCUT2D eigenvalue weighted by Crippen LogP contribution is -2.22. The van der Waals surface area contributed by atoms with Crippen molar-refractivity contribution >= 4 is 21.6 Å². The highest BCUT2D eigenvalue weighted by Gasteiger charge is 2.10. The second-order valence-electron chi connectivity index (χ2n) is 4.65. The molecule has 1 aromatic heterocycles. The van der Waals surface area contributed by atoms with Crippen molar-refractivity contribution < 1.29 is 9.47 Å². The highest BCUT2D eigenvalue weighted by Crippen LogP contribution is 2.28. The molecule has 21 heavy (non-hydrogen) atoms. The van der Waals surface area contributed by atoms with E-state index in [0.717, 1.165) is 11.1 Å². The third-order valence-electron chi connectivity index (χ3n) is 3.31. The molecular formula is C15H17BrN2O3. The molecule has 1 heterocycles. The number of methoxy groups -OCH3 is 2. The van der Waals surface area contributed by atoms with Crippen LogP contribution in [0.5, 0.6) is 11.5 Å². The lowest BCUT2D eigenvalue weighted by molar-refractivity contribution is 0.354. The van der Waals surface area contributed by atoms with Gasteiger partial charge in [-0.25, -0.2) is 0 Å². The molecule has 0 spiro atoms. The number of aromatic nitrogens is 1. The van der Waals surface area contributed by atoms with Crippen molar-refractivity contribution in [1.82, 2.24) is 4.57 Å². The van der Waals surface area contributed by atoms with E-state index in [2.05, 4.69) is 15.9 Å². The summed E-state index contributed by atoms with van der Waals surface area (Å²) in [6.07, 6.45) is 1.65. The van der Waals surface area contributed by atoms with E-state index in [-0.39, 0.29) is 5.56 Å². The van der Waals surface area contributed by atoms with Crippen LogP contribution in [0.2, 0.25) is 0 Å². The van der Waals surface area contributed by atoms with Gasteiger partial charge in [0, 0.05) is 6.20 Å². The van der Waals surface area contributed by atoms with Crippen LogP contribution in [0.25, 0.3) is 0 Å². The molecule has 0 saturated heterocycles. The molecule has 0 amide bonds. The van der Waals surface area contributed by atoms with E-state index in [1.807, 2.05) is 25.1 Å². The van der Waals surface area contributed by atoms with Crippen molar-refractivity contribution in [3.8, 4) is 11.5 Å². The van der Waals surface area contributed by atoms with Crippen molar-refractivity contribution in [1.29, 1.82) is 0 Å². The van der Waals surface area contributed by atoms with Crippen molar-refractivity contribution in [3.05, 3.63) is 50.3 Å². The molecule has 2 aromatic rings. The maximum atomic E-state index is 12.2. The Morgan fingerprint density at radius 3 is 2.52 bits per heavy atom. The Bertz CT molecular complexity index is 726. The Morgan fingerprint density at radius 1 is 1.24 bits per heavy atom. The summed E-state index contributed by atoms with van der Waals surface area (Å²) in [5, 5.41) is 0. The van der Waals surface area contributed by atoms with Crippen LogP contribution in [-0.2, 0) is 6.54 Å². The average molecular weight is 353 g/mol. The summed E-state index contributed by atoms with van der Waals surface area (Å²) in [7, 11) is 3.16. The molecule has 0 aliphatic heterocycles. The SMILES string of the molecule is COc1ccc(Cn2cc(N)c(C)c(Br)c2=O)cc1OC. The van der Waals surface area contributed by atoms with Crippen LogP contribution in [0.15, 0.2) is 33.7 Å². The number of pyridine rings is 1. The number of hydrogen-bond acceptors (Lipinski definition) is 4. The van der Waals surface area contributed by atoms with Crippen molar-refractivity contribution in [2.45, 2.75) is 13.5 Å². The molecule has 1 aromatic carbocycles. The van der Waals surface area contributed by atoms with E-state index in [0.29, 0.717) is 28.2 Å². The molecule has 0 radical (unpaired) electrons. The minimum atomic E-state index is -0.114. The lowest BCUT2D eigenvalue weighted by atomic mass is 10.2. The summed E-state index contributed by atoms with van der Waals surface area (Å²) < 4.78 is 12.5. The maximum absolute atomic E-state index is 12.2. The standard InChI is InChI=1S/C15H17BrN2O3/c1-9-11(17)8-18(15(19)14(9)16)7-10-4-5-12(20-2)13(6-10)21-3/h4-6,8H,7,17H2,1-3H3. The fourth-order valence-electron chi connectivity index (χ4n) is 2.03. The molecule has 112 valence electrons. The number of anilines is 1. The molecule has 0 aliphatic rings. The number of nitrogens with two attached hydrogens (primary N) is 1. The first kappa shape index (κ1) is 15.4. The van der Waals surface area contributed by atoms with Gasteiger partial charge in [0.25, 0.3) is 5.56 Å². The first-order valence-electron chi connectivity index (χ1n) is 6.33. The van der Waals surface area contributed by atoms with Crippen molar-refractivity contribution in [3.63, 3.8) is 0 Å². The largest absolute Gasteiger partial charge is 0.493 e. The van der Waals surface area contributed by atoms with Gasteiger partial charge in [-0.2, -0.15) is 0 Å². The molecule has 0 aliphatic carbocycles. The van der Waals surface area contributed by atoms with Crippen molar-refractivity contribution in [2.75, 3.05) is 20.0 Å². The van der Waals surface area contributed by atoms with Crippen LogP contribution in [-0.4, -0.2) is 18.8 Å². The zero-order valence-corrected chi connectivity index (χ0v) is 13.7. The van der Waals surface area contributed by atoms with E-state index in [1.54, 1.807) is 25.0 Å². The average Bonchev–Trinajstić information content (AvgIpc) is 2.50. The minimum absolute atomic E-state index is 0.114. The molecule has 6 heteroatoms. The Balaban J connectivity index is 2.41. The monoisotopic (exact) mass is 352 g/mol. The van der Waals surface area contributed by atoms with Crippen LogP contribution >= 0.6 is 15.9 Å². The van der Waals surface area contributed by atoms with E-state index in [1.165, 1.54) is 0 Å². The molecule has 0 atom stereocenters. The molecule has 5 nitrogen and oxygen atoms in total. The van der Waals surface area contributed by atoms with Crippen molar-refractivity contribution in [2.24, 2.45) is 0 Å². The summed E-state index contributed by atoms with van der Waals surface area (Å²) in [4.78, 5) is 12.2. The van der Waals surface area contributed by atoms with E-state index in [4.69, 9.17) is 15.2 Å². The van der Waals surface area contributed by atoms with Crippen LogP contribution in [0.1, 0.15) is 11.1 Å². The van der Waals surface area contributed by atoms with Gasteiger partial charge in [-0.05, 0) is 46.1 Å². The van der Waals surface area contributed by atoms with Crippen LogP contribution in [0.4, 0.5) is 5.69 Å². The van der Waals surface area contributed by atoms with Gasteiger partial charge >= 0.3 is 0 Å². The topological polar surface area (TPSA) is 66.5 Å². The first-order valence-corrected chi connectivity index (χ1v) is 7.13. The Hall–Kier alpha value is -1.95. The van der Waals surface area contributed by atoms with Gasteiger partial charge in [0.15, 0.2) is 11.5 Å². The smallest absolute Gasteiger partial charge is 0.265 e. The molecule has 0 fully saturated rings.